The number of anilines is 1. The van der Waals surface area contributed by atoms with Crippen molar-refractivity contribution in [2.75, 3.05) is 25.0 Å². The molecule has 15 heteroatoms. The lowest BCUT2D eigenvalue weighted by Gasteiger charge is -2.23. The maximum Gasteiger partial charge on any atom is 0.291 e. The molecular formula is C21H18F3N5O6S. The average Bonchev–Trinajstić information content (AvgIpc) is 3.54. The number of rotatable bonds is 3. The van der Waals surface area contributed by atoms with Crippen LogP contribution in [0.3, 0.4) is 0 Å². The van der Waals surface area contributed by atoms with E-state index < -0.39 is 51.2 Å². The van der Waals surface area contributed by atoms with Crippen molar-refractivity contribution in [3.05, 3.63) is 59.8 Å². The topological polar surface area (TPSA) is 136 Å². The van der Waals surface area contributed by atoms with Crippen LogP contribution < -0.4 is 14.8 Å². The van der Waals surface area contributed by atoms with E-state index in [1.54, 1.807) is 0 Å². The molecule has 0 radical (unpaired) electrons. The molecule has 2 aliphatic rings. The highest BCUT2D eigenvalue weighted by atomic mass is 32.2. The van der Waals surface area contributed by atoms with Gasteiger partial charge in [-0.3, -0.25) is 9.59 Å². The van der Waals surface area contributed by atoms with Gasteiger partial charge in [0.05, 0.1) is 12.8 Å². The second-order valence-electron chi connectivity index (χ2n) is 8.36. The van der Waals surface area contributed by atoms with E-state index in [9.17, 15) is 31.2 Å². The molecule has 0 unspecified atom stereocenters. The first-order valence-corrected chi connectivity index (χ1v) is 12.0. The lowest BCUT2D eigenvalue weighted by molar-refractivity contribution is 0.0750. The van der Waals surface area contributed by atoms with Crippen LogP contribution in [-0.2, 0) is 17.1 Å². The Kier molecular flexibility index (Phi) is 5.75. The molecule has 1 saturated heterocycles. The Morgan fingerprint density at radius 1 is 1.19 bits per heavy atom. The number of hydrogen-bond donors (Lipinski definition) is 2. The Labute approximate surface area is 201 Å². The quantitative estimate of drug-likeness (QED) is 0.495. The summed E-state index contributed by atoms with van der Waals surface area (Å²) in [7, 11) is -2.81. The van der Waals surface area contributed by atoms with Crippen molar-refractivity contribution < 1.29 is 40.3 Å². The smallest absolute Gasteiger partial charge is 0.291 e. The van der Waals surface area contributed by atoms with E-state index in [-0.39, 0.29) is 47.5 Å². The molecule has 2 N–H and O–H groups in total. The number of carbonyl (C=O) groups is 2. The molecule has 5 rings (SSSR count). The number of benzene rings is 1. The maximum atomic E-state index is 13.6. The molecule has 1 aromatic carbocycles. The van der Waals surface area contributed by atoms with Crippen LogP contribution in [0.4, 0.5) is 18.9 Å². The number of halogens is 3. The molecule has 3 aromatic rings. The normalized spacial score (nSPS) is 20.6. The van der Waals surface area contributed by atoms with Gasteiger partial charge in [0.15, 0.2) is 35.3 Å². The third-order valence-electron chi connectivity index (χ3n) is 5.97. The molecule has 2 amide bonds. The lowest BCUT2D eigenvalue weighted by Crippen LogP contribution is -2.43. The zero-order valence-electron chi connectivity index (χ0n) is 18.5. The fourth-order valence-corrected chi connectivity index (χ4v) is 5.75. The van der Waals surface area contributed by atoms with E-state index in [2.05, 4.69) is 15.0 Å². The molecule has 11 nitrogen and oxygen atoms in total. The van der Waals surface area contributed by atoms with Crippen molar-refractivity contribution in [3.63, 3.8) is 0 Å². The Morgan fingerprint density at radius 2 is 1.92 bits per heavy atom. The highest BCUT2D eigenvalue weighted by Gasteiger charge is 2.43. The van der Waals surface area contributed by atoms with Crippen LogP contribution in [0.25, 0.3) is 0 Å². The first-order valence-electron chi connectivity index (χ1n) is 10.5. The van der Waals surface area contributed by atoms with Crippen molar-refractivity contribution >= 4 is 27.5 Å². The minimum Gasteiger partial charge on any atom is -0.489 e. The zero-order valence-corrected chi connectivity index (χ0v) is 19.3. The number of sulfonamides is 1. The molecule has 190 valence electrons. The molecule has 4 heterocycles. The number of oxazole rings is 1. The Bertz CT molecular complexity index is 1450. The van der Waals surface area contributed by atoms with Gasteiger partial charge in [0.25, 0.3) is 11.8 Å². The van der Waals surface area contributed by atoms with Crippen molar-refractivity contribution in [3.8, 4) is 5.75 Å². The monoisotopic (exact) mass is 525 g/mol. The largest absolute Gasteiger partial charge is 0.489 e. The summed E-state index contributed by atoms with van der Waals surface area (Å²) in [5.74, 6) is -6.84. The number of amides is 2. The number of ether oxygens (including phenoxy) is 1. The number of aryl methyl sites for hydroxylation is 1. The van der Waals surface area contributed by atoms with Gasteiger partial charge in [-0.05, 0) is 0 Å². The van der Waals surface area contributed by atoms with Crippen molar-refractivity contribution in [2.24, 2.45) is 13.0 Å². The van der Waals surface area contributed by atoms with Crippen LogP contribution in [-0.4, -0.2) is 60.4 Å². The van der Waals surface area contributed by atoms with E-state index in [4.69, 9.17) is 9.15 Å². The van der Waals surface area contributed by atoms with Crippen molar-refractivity contribution in [1.82, 2.24) is 19.2 Å². The van der Waals surface area contributed by atoms with E-state index in [1.807, 2.05) is 0 Å². The fourth-order valence-electron chi connectivity index (χ4n) is 4.26. The Balaban J connectivity index is 1.42. The van der Waals surface area contributed by atoms with E-state index in [0.29, 0.717) is 12.1 Å². The summed E-state index contributed by atoms with van der Waals surface area (Å²) in [6.07, 6.45) is 3.52. The summed E-state index contributed by atoms with van der Waals surface area (Å²) in [5.41, 5.74) is -0.623. The summed E-state index contributed by atoms with van der Waals surface area (Å²) < 4.78 is 81.3. The van der Waals surface area contributed by atoms with Crippen molar-refractivity contribution in [1.29, 1.82) is 0 Å². The fraction of sp³-hybridized carbons (Fsp3) is 0.286. The first-order chi connectivity index (χ1) is 17.0. The third kappa shape index (κ3) is 4.09. The first kappa shape index (κ1) is 23.9. The van der Waals surface area contributed by atoms with Gasteiger partial charge in [0.2, 0.25) is 15.8 Å². The van der Waals surface area contributed by atoms with E-state index in [1.165, 1.54) is 22.7 Å². The van der Waals surface area contributed by atoms with E-state index in [0.717, 1.165) is 12.6 Å². The second-order valence-corrected chi connectivity index (χ2v) is 10.0. The number of nitrogens with one attached hydrogen (secondary N) is 2. The van der Waals surface area contributed by atoms with Crippen LogP contribution in [0, 0.1) is 23.4 Å². The summed E-state index contributed by atoms with van der Waals surface area (Å²) in [6.45, 7) is 0.152. The highest BCUT2D eigenvalue weighted by Crippen LogP contribution is 2.35. The minimum atomic E-state index is -4.21. The SMILES string of the molecule is Cn1cc2c(c1C(=O)Nc1cc(F)c(F)c(F)c1)OC[C@H]1CN(C(=O)c3cnco3)C[C@H]1NS2(=O)=O. The number of hydrogen-bond acceptors (Lipinski definition) is 7. The molecule has 2 atom stereocenters. The minimum absolute atomic E-state index is 0.00424. The molecule has 2 aliphatic heterocycles. The average molecular weight is 525 g/mol. The van der Waals surface area contributed by atoms with Crippen molar-refractivity contribution in [2.45, 2.75) is 10.9 Å². The van der Waals surface area contributed by atoms with E-state index >= 15 is 0 Å². The molecule has 1 fully saturated rings. The summed E-state index contributed by atoms with van der Waals surface area (Å²) >= 11 is 0. The number of fused-ring (bicyclic) bond motifs is 2. The summed E-state index contributed by atoms with van der Waals surface area (Å²) in [4.78, 5) is 30.4. The number of likely N-dealkylation sites (tertiary alicyclic amines) is 1. The number of carbonyl (C=O) groups excluding carboxylic acids is 2. The molecule has 2 aromatic heterocycles. The molecule has 36 heavy (non-hydrogen) atoms. The maximum absolute atomic E-state index is 13.6. The van der Waals surface area contributed by atoms with Crippen LogP contribution >= 0.6 is 0 Å². The summed E-state index contributed by atoms with van der Waals surface area (Å²) in [6, 6.07) is 0.509. The predicted molar refractivity (Wildman–Crippen MR) is 115 cm³/mol. The van der Waals surface area contributed by atoms with Gasteiger partial charge in [-0.1, -0.05) is 0 Å². The number of aromatic nitrogens is 2. The Hall–Kier alpha value is -3.85. The van der Waals surface area contributed by atoms with Gasteiger partial charge < -0.3 is 23.9 Å². The van der Waals surface area contributed by atoms with Gasteiger partial charge in [0.1, 0.15) is 4.90 Å². The second kappa shape index (κ2) is 8.67. The molecule has 0 spiro atoms. The van der Waals surface area contributed by atoms with Gasteiger partial charge in [-0.25, -0.2) is 31.3 Å². The predicted octanol–water partition coefficient (Wildman–Crippen LogP) is 1.49. The number of nitrogens with zero attached hydrogens (tertiary/aromatic N) is 3. The zero-order chi connectivity index (χ0) is 25.8. The van der Waals surface area contributed by atoms with Gasteiger partial charge in [-0.15, -0.1) is 0 Å². The molecule has 0 bridgehead atoms. The molecule has 0 saturated carbocycles. The van der Waals surface area contributed by atoms with Crippen LogP contribution in [0.2, 0.25) is 0 Å². The standard InChI is InChI=1S/C21H18F3N5O6S/c1-28-7-16-19(18(28)20(30)26-11-2-12(22)17(24)13(23)3-11)34-8-10-5-29(6-14(10)27-36(16,32)33)21(31)15-4-25-9-35-15/h2-4,7,9-10,14,27H,5-6,8H2,1H3,(H,26,30)/t10-,14-/m1/s1. The highest BCUT2D eigenvalue weighted by molar-refractivity contribution is 7.89. The van der Waals surface area contributed by atoms with Crippen LogP contribution in [0.15, 0.2) is 40.2 Å². The lowest BCUT2D eigenvalue weighted by atomic mass is 10.1. The van der Waals surface area contributed by atoms with Crippen LogP contribution in [0.1, 0.15) is 21.0 Å². The third-order valence-corrected chi connectivity index (χ3v) is 7.45. The molecular weight excluding hydrogens is 507 g/mol. The van der Waals surface area contributed by atoms with Gasteiger partial charge in [-0.2, -0.15) is 0 Å². The van der Waals surface area contributed by atoms with Crippen LogP contribution in [0.5, 0.6) is 5.75 Å². The Morgan fingerprint density at radius 3 is 2.58 bits per heavy atom. The van der Waals surface area contributed by atoms with Gasteiger partial charge in [0, 0.05) is 56.1 Å². The van der Waals surface area contributed by atoms with Gasteiger partial charge >= 0.3 is 0 Å². The molecule has 0 aliphatic carbocycles. The summed E-state index contributed by atoms with van der Waals surface area (Å²) in [5, 5.41) is 2.22.